The number of aromatic amines is 1. The number of nitrogens with zero attached hydrogens (tertiary/aromatic N) is 4. The number of carboxylic acid groups (broad SMARTS) is 1. The minimum absolute atomic E-state index is 0.0658. The molecule has 1 heterocycles. The minimum atomic E-state index is -0.817. The van der Waals surface area contributed by atoms with E-state index in [-0.39, 0.29) is 18.2 Å². The summed E-state index contributed by atoms with van der Waals surface area (Å²) in [5.74, 6) is 0.0262. The van der Waals surface area contributed by atoms with Crippen LogP contribution in [0.4, 0.5) is 17.3 Å². The average Bonchev–Trinajstić information content (AvgIpc) is 3.20. The van der Waals surface area contributed by atoms with E-state index >= 15 is 0 Å². The van der Waals surface area contributed by atoms with Gasteiger partial charge in [-0.15, -0.1) is 5.10 Å². The highest BCUT2D eigenvalue weighted by molar-refractivity contribution is 5.75. The zero-order chi connectivity index (χ0) is 22.4. The van der Waals surface area contributed by atoms with Gasteiger partial charge in [0.25, 0.3) is 0 Å². The van der Waals surface area contributed by atoms with Crippen LogP contribution in [0.25, 0.3) is 0 Å². The summed E-state index contributed by atoms with van der Waals surface area (Å²) in [4.78, 5) is 17.9. The van der Waals surface area contributed by atoms with Gasteiger partial charge in [-0.3, -0.25) is 4.79 Å². The van der Waals surface area contributed by atoms with Crippen molar-refractivity contribution in [2.75, 3.05) is 16.8 Å². The van der Waals surface area contributed by atoms with Gasteiger partial charge in [0.1, 0.15) is 6.07 Å². The van der Waals surface area contributed by atoms with Crippen molar-refractivity contribution < 1.29 is 9.90 Å². The summed E-state index contributed by atoms with van der Waals surface area (Å²) >= 11 is 0. The summed E-state index contributed by atoms with van der Waals surface area (Å²) in [6, 6.07) is 8.55. The van der Waals surface area contributed by atoms with Crippen LogP contribution in [0.15, 0.2) is 18.2 Å². The number of benzene rings is 1. The van der Waals surface area contributed by atoms with Crippen molar-refractivity contribution in [3.05, 3.63) is 29.6 Å². The van der Waals surface area contributed by atoms with Gasteiger partial charge in [-0.25, -0.2) is 5.10 Å². The lowest BCUT2D eigenvalue weighted by Gasteiger charge is -2.38. The summed E-state index contributed by atoms with van der Waals surface area (Å²) in [5.41, 5.74) is 2.84. The van der Waals surface area contributed by atoms with E-state index in [4.69, 9.17) is 5.26 Å². The normalized spacial score (nSPS) is 15.5. The number of aliphatic carboxylic acids is 1. The molecule has 0 amide bonds. The Balaban J connectivity index is 2.00. The number of nitrogens with one attached hydrogen (secondary N) is 2. The van der Waals surface area contributed by atoms with Gasteiger partial charge >= 0.3 is 5.97 Å². The number of carboxylic acids is 1. The van der Waals surface area contributed by atoms with Crippen molar-refractivity contribution in [2.24, 2.45) is 5.92 Å². The standard InChI is InChI=1S/C23H32N6O2/c1-15(2)14-29(18-7-5-4-6-8-18)20-10-9-17(16(3)11-22(30)31)12-19(20)25-23-26-21(13-24)27-28-23/h9-10,12,15-16,18H,4-8,11,14H2,1-3H3,(H,30,31)(H2,25,26,27,28). The van der Waals surface area contributed by atoms with E-state index in [0.29, 0.717) is 17.9 Å². The van der Waals surface area contributed by atoms with Crippen LogP contribution >= 0.6 is 0 Å². The number of rotatable bonds is 9. The average molecular weight is 425 g/mol. The van der Waals surface area contributed by atoms with Gasteiger partial charge in [0.15, 0.2) is 0 Å². The molecule has 3 N–H and O–H groups in total. The van der Waals surface area contributed by atoms with Crippen LogP contribution in [0.1, 0.15) is 76.6 Å². The van der Waals surface area contributed by atoms with Gasteiger partial charge in [0.2, 0.25) is 11.8 Å². The largest absolute Gasteiger partial charge is 0.481 e. The zero-order valence-electron chi connectivity index (χ0n) is 18.6. The molecule has 0 saturated heterocycles. The van der Waals surface area contributed by atoms with E-state index in [0.717, 1.165) is 23.5 Å². The van der Waals surface area contributed by atoms with Gasteiger partial charge in [0, 0.05) is 12.6 Å². The number of hydrogen-bond acceptors (Lipinski definition) is 6. The first-order valence-corrected chi connectivity index (χ1v) is 11.1. The van der Waals surface area contributed by atoms with Crippen LogP contribution in [0.2, 0.25) is 0 Å². The Morgan fingerprint density at radius 2 is 2.06 bits per heavy atom. The third-order valence-corrected chi connectivity index (χ3v) is 5.79. The molecule has 1 atom stereocenters. The molecule has 0 aliphatic heterocycles. The van der Waals surface area contributed by atoms with E-state index in [1.165, 1.54) is 32.1 Å². The summed E-state index contributed by atoms with van der Waals surface area (Å²) in [5, 5.41) is 28.2. The molecule has 0 spiro atoms. The van der Waals surface area contributed by atoms with Crippen molar-refractivity contribution in [1.82, 2.24) is 15.2 Å². The lowest BCUT2D eigenvalue weighted by Crippen LogP contribution is -2.39. The summed E-state index contributed by atoms with van der Waals surface area (Å²) in [6.07, 6.45) is 6.17. The Bertz CT molecular complexity index is 926. The van der Waals surface area contributed by atoms with Gasteiger partial charge in [-0.1, -0.05) is 46.1 Å². The summed E-state index contributed by atoms with van der Waals surface area (Å²) in [7, 11) is 0. The molecule has 2 aromatic rings. The quantitative estimate of drug-likeness (QED) is 0.529. The first kappa shape index (κ1) is 22.6. The van der Waals surface area contributed by atoms with Gasteiger partial charge < -0.3 is 15.3 Å². The molecule has 31 heavy (non-hydrogen) atoms. The molecule has 8 nitrogen and oxygen atoms in total. The smallest absolute Gasteiger partial charge is 0.303 e. The van der Waals surface area contributed by atoms with Gasteiger partial charge in [0.05, 0.1) is 17.8 Å². The summed E-state index contributed by atoms with van der Waals surface area (Å²) < 4.78 is 0. The first-order chi connectivity index (χ1) is 14.9. The van der Waals surface area contributed by atoms with Gasteiger partial charge in [-0.05, 0) is 42.4 Å². The maximum atomic E-state index is 11.2. The number of aromatic nitrogens is 3. The van der Waals surface area contributed by atoms with Crippen LogP contribution in [-0.2, 0) is 4.79 Å². The summed E-state index contributed by atoms with van der Waals surface area (Å²) in [6.45, 7) is 7.29. The maximum Gasteiger partial charge on any atom is 0.303 e. The van der Waals surface area contributed by atoms with E-state index in [9.17, 15) is 9.90 Å². The monoisotopic (exact) mass is 424 g/mol. The molecule has 1 aromatic heterocycles. The third-order valence-electron chi connectivity index (χ3n) is 5.79. The van der Waals surface area contributed by atoms with E-state index in [1.807, 2.05) is 25.1 Å². The fraction of sp³-hybridized carbons (Fsp3) is 0.565. The molecule has 1 aliphatic rings. The number of nitriles is 1. The van der Waals surface area contributed by atoms with Gasteiger partial charge in [-0.2, -0.15) is 10.2 Å². The van der Waals surface area contributed by atoms with E-state index < -0.39 is 5.97 Å². The Morgan fingerprint density at radius 1 is 1.32 bits per heavy atom. The number of hydrogen-bond donors (Lipinski definition) is 3. The molecule has 1 fully saturated rings. The van der Waals surface area contributed by atoms with Crippen molar-refractivity contribution in [1.29, 1.82) is 5.26 Å². The fourth-order valence-corrected chi connectivity index (χ4v) is 4.31. The van der Waals surface area contributed by atoms with Crippen LogP contribution < -0.4 is 10.2 Å². The van der Waals surface area contributed by atoms with Crippen molar-refractivity contribution in [3.8, 4) is 6.07 Å². The third kappa shape index (κ3) is 5.97. The Morgan fingerprint density at radius 3 is 2.68 bits per heavy atom. The van der Waals surface area contributed by atoms with E-state index in [1.54, 1.807) is 0 Å². The Labute approximate surface area is 183 Å². The SMILES string of the molecule is CC(C)CN(c1ccc(C(C)CC(=O)O)cc1Nc1n[nH]c(C#N)n1)C1CCCCC1. The molecule has 166 valence electrons. The number of anilines is 3. The topological polar surface area (TPSA) is 118 Å². The van der Waals surface area contributed by atoms with Crippen LogP contribution in [0, 0.1) is 17.2 Å². The van der Waals surface area contributed by atoms with Crippen LogP contribution in [-0.4, -0.2) is 38.8 Å². The molecule has 1 saturated carbocycles. The number of carbonyl (C=O) groups is 1. The van der Waals surface area contributed by atoms with Crippen LogP contribution in [0.5, 0.6) is 0 Å². The predicted octanol–water partition coefficient (Wildman–Crippen LogP) is 4.79. The first-order valence-electron chi connectivity index (χ1n) is 11.1. The molecule has 1 unspecified atom stereocenters. The van der Waals surface area contributed by atoms with Crippen molar-refractivity contribution in [3.63, 3.8) is 0 Å². The second-order valence-electron chi connectivity index (χ2n) is 8.86. The molecule has 3 rings (SSSR count). The highest BCUT2D eigenvalue weighted by Crippen LogP contribution is 2.36. The highest BCUT2D eigenvalue weighted by Gasteiger charge is 2.25. The predicted molar refractivity (Wildman–Crippen MR) is 121 cm³/mol. The lowest BCUT2D eigenvalue weighted by atomic mass is 9.92. The molecular formula is C23H32N6O2. The zero-order valence-corrected chi connectivity index (χ0v) is 18.6. The fourth-order valence-electron chi connectivity index (χ4n) is 4.31. The highest BCUT2D eigenvalue weighted by atomic mass is 16.4. The second-order valence-corrected chi connectivity index (χ2v) is 8.86. The van der Waals surface area contributed by atoms with E-state index in [2.05, 4.69) is 45.3 Å². The Kier molecular flexibility index (Phi) is 7.50. The minimum Gasteiger partial charge on any atom is -0.481 e. The molecule has 1 aliphatic carbocycles. The van der Waals surface area contributed by atoms with Crippen molar-refractivity contribution >= 4 is 23.3 Å². The number of H-pyrrole nitrogens is 1. The molecular weight excluding hydrogens is 392 g/mol. The molecule has 0 radical (unpaired) electrons. The lowest BCUT2D eigenvalue weighted by molar-refractivity contribution is -0.137. The Hall–Kier alpha value is -3.08. The van der Waals surface area contributed by atoms with Crippen LogP contribution in [0.3, 0.4) is 0 Å². The molecule has 8 heteroatoms. The molecule has 0 bridgehead atoms. The van der Waals surface area contributed by atoms with Crippen molar-refractivity contribution in [2.45, 2.75) is 71.3 Å². The maximum absolute atomic E-state index is 11.2. The second kappa shape index (κ2) is 10.3. The molecule has 1 aromatic carbocycles.